The third-order valence-corrected chi connectivity index (χ3v) is 5.65. The van der Waals surface area contributed by atoms with Gasteiger partial charge in [-0.25, -0.2) is 22.2 Å². The first kappa shape index (κ1) is 16.8. The number of hydrogen-bond acceptors (Lipinski definition) is 4. The van der Waals surface area contributed by atoms with Gasteiger partial charge in [0, 0.05) is 18.3 Å². The number of rotatable bonds is 4. The Balaban J connectivity index is 1.76. The number of nitrogens with zero attached hydrogens (tertiary/aromatic N) is 2. The fraction of sp³-hybridized carbons (Fsp3) is 0.312. The van der Waals surface area contributed by atoms with Crippen molar-refractivity contribution in [2.45, 2.75) is 24.3 Å². The molecule has 128 valence electrons. The van der Waals surface area contributed by atoms with Crippen LogP contribution in [-0.4, -0.2) is 36.9 Å². The molecule has 0 N–H and O–H groups in total. The van der Waals surface area contributed by atoms with E-state index in [4.69, 9.17) is 4.74 Å². The van der Waals surface area contributed by atoms with Crippen molar-refractivity contribution in [1.29, 1.82) is 0 Å². The highest BCUT2D eigenvalue weighted by Crippen LogP contribution is 2.25. The predicted molar refractivity (Wildman–Crippen MR) is 83.1 cm³/mol. The quantitative estimate of drug-likeness (QED) is 0.847. The molecule has 5 nitrogen and oxygen atoms in total. The van der Waals surface area contributed by atoms with Crippen LogP contribution in [0.15, 0.2) is 41.3 Å². The third kappa shape index (κ3) is 3.39. The smallest absolute Gasteiger partial charge is 0.246 e. The number of halogens is 2. The Kier molecular flexibility index (Phi) is 4.51. The van der Waals surface area contributed by atoms with Crippen molar-refractivity contribution in [3.05, 3.63) is 53.7 Å². The molecule has 2 aromatic rings. The largest absolute Gasteiger partial charge is 0.473 e. The maximum Gasteiger partial charge on any atom is 0.246 e. The minimum atomic E-state index is -4.11. The number of benzene rings is 1. The van der Waals surface area contributed by atoms with Crippen LogP contribution in [0.25, 0.3) is 0 Å². The highest BCUT2D eigenvalue weighted by molar-refractivity contribution is 7.89. The summed E-state index contributed by atoms with van der Waals surface area (Å²) in [5.41, 5.74) is 0.789. The Morgan fingerprint density at radius 2 is 2.04 bits per heavy atom. The Morgan fingerprint density at radius 3 is 2.79 bits per heavy atom. The van der Waals surface area contributed by atoms with E-state index in [9.17, 15) is 17.2 Å². The van der Waals surface area contributed by atoms with E-state index >= 15 is 0 Å². The monoisotopic (exact) mass is 354 g/mol. The molecule has 0 amide bonds. The van der Waals surface area contributed by atoms with Crippen molar-refractivity contribution in [3.8, 4) is 5.88 Å². The zero-order valence-electron chi connectivity index (χ0n) is 12.9. The zero-order chi connectivity index (χ0) is 17.3. The molecule has 0 aliphatic carbocycles. The van der Waals surface area contributed by atoms with E-state index in [1.165, 1.54) is 0 Å². The Hall–Kier alpha value is -2.06. The van der Waals surface area contributed by atoms with Crippen molar-refractivity contribution < 1.29 is 21.9 Å². The maximum atomic E-state index is 13.8. The van der Waals surface area contributed by atoms with E-state index in [0.29, 0.717) is 18.4 Å². The van der Waals surface area contributed by atoms with E-state index in [0.717, 1.165) is 22.1 Å². The summed E-state index contributed by atoms with van der Waals surface area (Å²) in [6.07, 6.45) is 0.0666. The number of ether oxygens (including phenoxy) is 1. The zero-order valence-corrected chi connectivity index (χ0v) is 13.8. The average molecular weight is 354 g/mol. The van der Waals surface area contributed by atoms with Gasteiger partial charge in [0.05, 0.1) is 6.54 Å². The molecule has 24 heavy (non-hydrogen) atoms. The molecule has 1 aromatic carbocycles. The van der Waals surface area contributed by atoms with Crippen LogP contribution in [-0.2, 0) is 10.0 Å². The van der Waals surface area contributed by atoms with Gasteiger partial charge in [-0.2, -0.15) is 4.31 Å². The van der Waals surface area contributed by atoms with Gasteiger partial charge in [0.1, 0.15) is 22.6 Å². The summed E-state index contributed by atoms with van der Waals surface area (Å²) in [6, 6.07) is 7.70. The van der Waals surface area contributed by atoms with Crippen LogP contribution in [0.2, 0.25) is 0 Å². The summed E-state index contributed by atoms with van der Waals surface area (Å²) in [7, 11) is -4.11. The second kappa shape index (κ2) is 6.45. The van der Waals surface area contributed by atoms with Crippen molar-refractivity contribution in [3.63, 3.8) is 0 Å². The summed E-state index contributed by atoms with van der Waals surface area (Å²) < 4.78 is 58.9. The minimum absolute atomic E-state index is 0.0634. The fourth-order valence-electron chi connectivity index (χ4n) is 2.58. The molecular weight excluding hydrogens is 338 g/mol. The summed E-state index contributed by atoms with van der Waals surface area (Å²) in [5.74, 6) is -1.36. The molecule has 3 rings (SSSR count). The maximum absolute atomic E-state index is 13.8. The van der Waals surface area contributed by atoms with E-state index in [-0.39, 0.29) is 19.2 Å². The topological polar surface area (TPSA) is 59.5 Å². The molecule has 0 saturated carbocycles. The van der Waals surface area contributed by atoms with Gasteiger partial charge in [-0.3, -0.25) is 0 Å². The first-order valence-electron chi connectivity index (χ1n) is 7.42. The first-order chi connectivity index (χ1) is 11.4. The van der Waals surface area contributed by atoms with Crippen LogP contribution < -0.4 is 4.74 Å². The van der Waals surface area contributed by atoms with Crippen LogP contribution in [0.4, 0.5) is 8.78 Å². The lowest BCUT2D eigenvalue weighted by Crippen LogP contribution is -2.31. The van der Waals surface area contributed by atoms with Crippen molar-refractivity contribution in [1.82, 2.24) is 9.29 Å². The molecule has 0 spiro atoms. The lowest BCUT2D eigenvalue weighted by Gasteiger charge is -2.17. The molecule has 0 radical (unpaired) electrons. The first-order valence-corrected chi connectivity index (χ1v) is 8.86. The third-order valence-electron chi connectivity index (χ3n) is 3.77. The van der Waals surface area contributed by atoms with Gasteiger partial charge in [-0.05, 0) is 37.6 Å². The second-order valence-electron chi connectivity index (χ2n) is 5.58. The molecule has 1 aliphatic heterocycles. The van der Waals surface area contributed by atoms with Gasteiger partial charge >= 0.3 is 0 Å². The van der Waals surface area contributed by atoms with Crippen LogP contribution >= 0.6 is 0 Å². The van der Waals surface area contributed by atoms with Crippen molar-refractivity contribution in [2.24, 2.45) is 0 Å². The SMILES string of the molecule is Cc1cccc(OC2CCN(S(=O)(=O)c3cc(F)ccc3F)C2)n1. The number of aromatic nitrogens is 1. The summed E-state index contributed by atoms with van der Waals surface area (Å²) in [5, 5.41) is 0. The van der Waals surface area contributed by atoms with Gasteiger partial charge in [0.15, 0.2) is 0 Å². The number of pyridine rings is 1. The number of hydrogen-bond donors (Lipinski definition) is 0. The molecule has 2 heterocycles. The molecule has 1 atom stereocenters. The summed E-state index contributed by atoms with van der Waals surface area (Å²) >= 11 is 0. The number of aryl methyl sites for hydroxylation is 1. The minimum Gasteiger partial charge on any atom is -0.473 e. The summed E-state index contributed by atoms with van der Waals surface area (Å²) in [6.45, 7) is 2.06. The molecule has 1 aromatic heterocycles. The van der Waals surface area contributed by atoms with Gasteiger partial charge in [0.25, 0.3) is 0 Å². The lowest BCUT2D eigenvalue weighted by atomic mass is 10.3. The van der Waals surface area contributed by atoms with E-state index in [2.05, 4.69) is 4.98 Å². The Labute approximate surface area is 138 Å². The van der Waals surface area contributed by atoms with E-state index in [1.54, 1.807) is 12.1 Å². The van der Waals surface area contributed by atoms with Gasteiger partial charge in [0.2, 0.25) is 15.9 Å². The highest BCUT2D eigenvalue weighted by atomic mass is 32.2. The normalized spacial score (nSPS) is 18.7. The van der Waals surface area contributed by atoms with Crippen LogP contribution in [0, 0.1) is 18.6 Å². The summed E-state index contributed by atoms with van der Waals surface area (Å²) in [4.78, 5) is 3.55. The molecule has 1 saturated heterocycles. The standard InChI is InChI=1S/C16H16F2N2O3S/c1-11-3-2-4-16(19-11)23-13-7-8-20(10-13)24(21,22)15-9-12(17)5-6-14(15)18/h2-6,9,13H,7-8,10H2,1H3. The van der Waals surface area contributed by atoms with E-state index in [1.807, 2.05) is 13.0 Å². The van der Waals surface area contributed by atoms with Crippen molar-refractivity contribution in [2.75, 3.05) is 13.1 Å². The number of sulfonamides is 1. The molecule has 1 aliphatic rings. The average Bonchev–Trinajstić information content (AvgIpc) is 2.99. The lowest BCUT2D eigenvalue weighted by molar-refractivity contribution is 0.206. The Morgan fingerprint density at radius 1 is 1.25 bits per heavy atom. The predicted octanol–water partition coefficient (Wildman–Crippen LogP) is 2.51. The van der Waals surface area contributed by atoms with Gasteiger partial charge in [-0.15, -0.1) is 0 Å². The molecule has 0 bridgehead atoms. The van der Waals surface area contributed by atoms with Crippen LogP contribution in [0.3, 0.4) is 0 Å². The molecule has 1 unspecified atom stereocenters. The molecular formula is C16H16F2N2O3S. The molecule has 8 heteroatoms. The van der Waals surface area contributed by atoms with Crippen molar-refractivity contribution >= 4 is 10.0 Å². The van der Waals surface area contributed by atoms with Crippen LogP contribution in [0.5, 0.6) is 5.88 Å². The van der Waals surface area contributed by atoms with Crippen LogP contribution in [0.1, 0.15) is 12.1 Å². The highest BCUT2D eigenvalue weighted by Gasteiger charge is 2.35. The van der Waals surface area contributed by atoms with Gasteiger partial charge < -0.3 is 4.74 Å². The Bertz CT molecular complexity index is 858. The molecule has 1 fully saturated rings. The van der Waals surface area contributed by atoms with Gasteiger partial charge in [-0.1, -0.05) is 6.07 Å². The fourth-order valence-corrected chi connectivity index (χ4v) is 4.14. The van der Waals surface area contributed by atoms with E-state index < -0.39 is 26.6 Å². The second-order valence-corrected chi connectivity index (χ2v) is 7.49.